The average Bonchev–Trinajstić information content (AvgIpc) is 3.40. The Morgan fingerprint density at radius 3 is 1.37 bits per heavy atom. The number of methoxy groups -OCH3 is 2. The summed E-state index contributed by atoms with van der Waals surface area (Å²) < 4.78 is 66.1. The van der Waals surface area contributed by atoms with Crippen LogP contribution in [0.3, 0.4) is 0 Å². The number of carbonyl (C=O) groups is 4. The van der Waals surface area contributed by atoms with Crippen LogP contribution in [0.1, 0.15) is 32.3 Å². The van der Waals surface area contributed by atoms with Crippen LogP contribution in [0.25, 0.3) is 0 Å². The lowest BCUT2D eigenvalue weighted by Gasteiger charge is -2.42. The molecule has 5 aliphatic heterocycles. The van der Waals surface area contributed by atoms with Gasteiger partial charge in [0, 0.05) is 23.0 Å². The molecular formula is C48H64O27. The third kappa shape index (κ3) is 13.9. The fraction of sp³-hybridized carbons (Fsp3) is 0.625. The highest BCUT2D eigenvalue weighted by Crippen LogP contribution is 2.39. The molecule has 0 aliphatic carbocycles. The van der Waals surface area contributed by atoms with Crippen molar-refractivity contribution in [3.63, 3.8) is 0 Å². The van der Waals surface area contributed by atoms with E-state index in [4.69, 9.17) is 56.8 Å². The molecule has 0 aromatic heterocycles. The summed E-state index contributed by atoms with van der Waals surface area (Å²) in [4.78, 5) is 52.8. The van der Waals surface area contributed by atoms with E-state index < -0.39 is 173 Å². The minimum absolute atomic E-state index is 0.00640. The smallest absolute Gasteiger partial charge is 0.337 e. The molecule has 75 heavy (non-hydrogen) atoms. The Labute approximate surface area is 428 Å². The number of esters is 4. The Kier molecular flexibility index (Phi) is 21.1. The SMILES string of the molecule is CC=C1C(OC2OC(CO)C(O)C(O)C2O)OC=C(C(=O)OC)C1CC(=O)OCC1OC(OC2OC=C(C(=O)OC)C(CC(=O)OCC3OC(OCCc4ccc(O)cc4)C(O)C(O)C3O)C2=CC)C(O)C(O)C1O. The number of carbonyl (C=O) groups excluding carboxylic acids is 4. The van der Waals surface area contributed by atoms with Crippen LogP contribution in [0.15, 0.2) is 71.2 Å². The van der Waals surface area contributed by atoms with Crippen molar-refractivity contribution in [1.29, 1.82) is 0 Å². The molecule has 1 aromatic rings. The van der Waals surface area contributed by atoms with Crippen molar-refractivity contribution in [3.8, 4) is 5.75 Å². The fourth-order valence-electron chi connectivity index (χ4n) is 8.79. The zero-order valence-electron chi connectivity index (χ0n) is 41.0. The highest BCUT2D eigenvalue weighted by atomic mass is 16.8. The van der Waals surface area contributed by atoms with Gasteiger partial charge in [-0.3, -0.25) is 9.59 Å². The molecule has 418 valence electrons. The molecule has 11 N–H and O–H groups in total. The molecule has 0 radical (unpaired) electrons. The molecule has 0 spiro atoms. The topological polar surface area (TPSA) is 402 Å². The first kappa shape index (κ1) is 59.1. The Bertz CT molecular complexity index is 2230. The lowest BCUT2D eigenvalue weighted by Crippen LogP contribution is -2.60. The van der Waals surface area contributed by atoms with Crippen LogP contribution in [-0.2, 0) is 82.4 Å². The number of benzene rings is 1. The van der Waals surface area contributed by atoms with Gasteiger partial charge in [0.1, 0.15) is 92.2 Å². The van der Waals surface area contributed by atoms with Gasteiger partial charge in [-0.2, -0.15) is 0 Å². The third-order valence-electron chi connectivity index (χ3n) is 13.1. The molecule has 0 saturated carbocycles. The second kappa shape index (κ2) is 26.7. The Morgan fingerprint density at radius 2 is 0.960 bits per heavy atom. The predicted octanol–water partition coefficient (Wildman–Crippen LogP) is -3.78. The number of phenolic OH excluding ortho intramolecular Hbond substituents is 1. The minimum atomic E-state index is -1.99. The highest BCUT2D eigenvalue weighted by Gasteiger charge is 2.50. The first-order valence-electron chi connectivity index (χ1n) is 23.7. The molecule has 3 fully saturated rings. The van der Waals surface area contributed by atoms with Gasteiger partial charge in [0.15, 0.2) is 18.9 Å². The molecule has 27 heteroatoms. The summed E-state index contributed by atoms with van der Waals surface area (Å²) in [5, 5.41) is 115. The predicted molar refractivity (Wildman–Crippen MR) is 243 cm³/mol. The van der Waals surface area contributed by atoms with Crippen molar-refractivity contribution in [3.05, 3.63) is 76.8 Å². The highest BCUT2D eigenvalue weighted by molar-refractivity contribution is 5.91. The summed E-state index contributed by atoms with van der Waals surface area (Å²) in [7, 11) is 2.15. The van der Waals surface area contributed by atoms with Crippen LogP contribution in [0, 0.1) is 11.8 Å². The molecule has 0 amide bonds. The molecule has 19 atom stereocenters. The number of hydrogen-bond donors (Lipinski definition) is 11. The quantitative estimate of drug-likeness (QED) is 0.0360. The van der Waals surface area contributed by atoms with Crippen molar-refractivity contribution in [1.82, 2.24) is 0 Å². The lowest BCUT2D eigenvalue weighted by molar-refractivity contribution is -0.328. The van der Waals surface area contributed by atoms with Crippen molar-refractivity contribution in [2.45, 2.75) is 138 Å². The summed E-state index contributed by atoms with van der Waals surface area (Å²) >= 11 is 0. The van der Waals surface area contributed by atoms with Gasteiger partial charge in [0.25, 0.3) is 0 Å². The molecule has 5 aliphatic rings. The number of aliphatic hydroxyl groups is 10. The van der Waals surface area contributed by atoms with Gasteiger partial charge in [0.2, 0.25) is 12.6 Å². The van der Waals surface area contributed by atoms with Crippen molar-refractivity contribution < 1.29 is 132 Å². The monoisotopic (exact) mass is 1070 g/mol. The maximum Gasteiger partial charge on any atom is 0.337 e. The summed E-state index contributed by atoms with van der Waals surface area (Å²) in [6.45, 7) is 0.794. The molecule has 27 nitrogen and oxygen atoms in total. The van der Waals surface area contributed by atoms with Gasteiger partial charge >= 0.3 is 23.9 Å². The normalized spacial score (nSPS) is 37.1. The van der Waals surface area contributed by atoms with Crippen molar-refractivity contribution >= 4 is 23.9 Å². The second-order valence-electron chi connectivity index (χ2n) is 17.8. The first-order valence-corrected chi connectivity index (χ1v) is 23.7. The second-order valence-corrected chi connectivity index (χ2v) is 17.8. The number of allylic oxidation sites excluding steroid dienone is 2. The van der Waals surface area contributed by atoms with E-state index in [9.17, 15) is 75.3 Å². The average molecular weight is 1070 g/mol. The minimum Gasteiger partial charge on any atom is -0.508 e. The molecule has 0 bridgehead atoms. The van der Waals surface area contributed by atoms with Crippen molar-refractivity contribution in [2.75, 3.05) is 40.6 Å². The van der Waals surface area contributed by atoms with Gasteiger partial charge in [-0.25, -0.2) is 9.59 Å². The zero-order chi connectivity index (χ0) is 54.8. The summed E-state index contributed by atoms with van der Waals surface area (Å²) in [5.74, 6) is -6.18. The maximum atomic E-state index is 13.5. The first-order chi connectivity index (χ1) is 35.8. The van der Waals surface area contributed by atoms with E-state index >= 15 is 0 Å². The van der Waals surface area contributed by atoms with E-state index in [0.717, 1.165) is 32.3 Å². The van der Waals surface area contributed by atoms with Crippen LogP contribution in [0.5, 0.6) is 5.75 Å². The van der Waals surface area contributed by atoms with Gasteiger partial charge in [0.05, 0.1) is 63.9 Å². The van der Waals surface area contributed by atoms with Crippen molar-refractivity contribution in [2.24, 2.45) is 11.8 Å². The van der Waals surface area contributed by atoms with E-state index in [2.05, 4.69) is 0 Å². The molecule has 1 aromatic carbocycles. The molecule has 3 saturated heterocycles. The Hall–Kier alpha value is -5.18. The molecular weight excluding hydrogens is 1010 g/mol. The van der Waals surface area contributed by atoms with Gasteiger partial charge in [-0.15, -0.1) is 0 Å². The van der Waals surface area contributed by atoms with Crippen LogP contribution in [-0.4, -0.2) is 225 Å². The lowest BCUT2D eigenvalue weighted by atomic mass is 9.86. The number of aliphatic hydroxyl groups excluding tert-OH is 10. The maximum absolute atomic E-state index is 13.5. The number of hydrogen-bond acceptors (Lipinski definition) is 27. The third-order valence-corrected chi connectivity index (χ3v) is 13.1. The van der Waals surface area contributed by atoms with Crippen LogP contribution >= 0.6 is 0 Å². The number of phenols is 1. The Morgan fingerprint density at radius 1 is 0.560 bits per heavy atom. The largest absolute Gasteiger partial charge is 0.508 e. The van der Waals surface area contributed by atoms with Gasteiger partial charge in [-0.1, -0.05) is 24.3 Å². The number of aromatic hydroxyl groups is 1. The van der Waals surface area contributed by atoms with Crippen LogP contribution in [0.2, 0.25) is 0 Å². The van der Waals surface area contributed by atoms with E-state index in [0.29, 0.717) is 6.42 Å². The van der Waals surface area contributed by atoms with Gasteiger partial charge in [-0.05, 0) is 38.0 Å². The number of ether oxygens (including phenoxy) is 12. The van der Waals surface area contributed by atoms with Gasteiger partial charge < -0.3 is 113 Å². The van der Waals surface area contributed by atoms with Crippen LogP contribution in [0.4, 0.5) is 0 Å². The van der Waals surface area contributed by atoms with Crippen LogP contribution < -0.4 is 0 Å². The fourth-order valence-corrected chi connectivity index (χ4v) is 8.79. The van der Waals surface area contributed by atoms with E-state index in [1.54, 1.807) is 12.1 Å². The zero-order valence-corrected chi connectivity index (χ0v) is 41.0. The summed E-state index contributed by atoms with van der Waals surface area (Å²) in [6, 6.07) is 6.27. The molecule has 5 heterocycles. The van der Waals surface area contributed by atoms with E-state index in [1.807, 2.05) is 0 Å². The Balaban J connectivity index is 1.08. The molecule has 6 rings (SSSR count). The number of rotatable bonds is 19. The van der Waals surface area contributed by atoms with E-state index in [1.165, 1.54) is 38.1 Å². The standard InChI is InChI=1S/C48H64O27/c1-5-22-24(26(42(62)64-3)16-69-44(22)74-47-40(60)36(56)33(53)28(15-49)71-47)14-32(52)68-19-30-35(55)38(58)41(61)48(73-30)75-45-23(6-2)25(27(17-70-45)43(63)65-4)13-31(51)67-18-29-34(54)37(57)39(59)46(72-29)66-12-11-20-7-9-21(50)10-8-20/h5-10,16-17,24-25,28-30,33-41,44-50,53-61H,11-15,18-19H2,1-4H3. The summed E-state index contributed by atoms with van der Waals surface area (Å²) in [6.07, 6.45) is -24.9. The summed E-state index contributed by atoms with van der Waals surface area (Å²) in [5.41, 5.74) is 0.581. The molecule has 19 unspecified atom stereocenters. The van der Waals surface area contributed by atoms with E-state index in [-0.39, 0.29) is 34.6 Å².